The summed E-state index contributed by atoms with van der Waals surface area (Å²) in [6.07, 6.45) is 1.80. The SMILES string of the molecule is NC1CCN(C(=O)c2ccc(CSc3ccccc3)cc2)CC1. The lowest BCUT2D eigenvalue weighted by Crippen LogP contribution is -2.42. The molecule has 3 nitrogen and oxygen atoms in total. The molecule has 120 valence electrons. The fourth-order valence-corrected chi connectivity index (χ4v) is 3.59. The molecule has 1 saturated heterocycles. The van der Waals surface area contributed by atoms with E-state index < -0.39 is 0 Å². The first-order valence-corrected chi connectivity index (χ1v) is 9.02. The van der Waals surface area contributed by atoms with Crippen LogP contribution in [0.4, 0.5) is 0 Å². The number of hydrogen-bond acceptors (Lipinski definition) is 3. The van der Waals surface area contributed by atoms with Crippen LogP contribution in [0, 0.1) is 0 Å². The highest BCUT2D eigenvalue weighted by molar-refractivity contribution is 7.98. The molecular formula is C19H22N2OS. The summed E-state index contributed by atoms with van der Waals surface area (Å²) in [7, 11) is 0. The fraction of sp³-hybridized carbons (Fsp3) is 0.316. The lowest BCUT2D eigenvalue weighted by Gasteiger charge is -2.30. The van der Waals surface area contributed by atoms with Gasteiger partial charge in [-0.1, -0.05) is 30.3 Å². The van der Waals surface area contributed by atoms with Crippen molar-refractivity contribution < 1.29 is 4.79 Å². The Bertz CT molecular complexity index is 634. The highest BCUT2D eigenvalue weighted by Crippen LogP contribution is 2.22. The number of thioether (sulfide) groups is 1. The van der Waals surface area contributed by atoms with Gasteiger partial charge >= 0.3 is 0 Å². The summed E-state index contributed by atoms with van der Waals surface area (Å²) in [5, 5.41) is 0. The number of rotatable bonds is 4. The van der Waals surface area contributed by atoms with Crippen LogP contribution in [0.5, 0.6) is 0 Å². The lowest BCUT2D eigenvalue weighted by atomic mass is 10.0. The van der Waals surface area contributed by atoms with Gasteiger partial charge in [-0.05, 0) is 42.7 Å². The van der Waals surface area contributed by atoms with E-state index in [0.717, 1.165) is 37.2 Å². The second-order valence-electron chi connectivity index (χ2n) is 5.93. The normalized spacial score (nSPS) is 15.6. The molecule has 0 saturated carbocycles. The highest BCUT2D eigenvalue weighted by Gasteiger charge is 2.21. The first kappa shape index (κ1) is 16.1. The van der Waals surface area contributed by atoms with Gasteiger partial charge in [-0.3, -0.25) is 4.79 Å². The number of nitrogens with two attached hydrogens (primary N) is 1. The molecule has 23 heavy (non-hydrogen) atoms. The summed E-state index contributed by atoms with van der Waals surface area (Å²) >= 11 is 1.81. The third-order valence-electron chi connectivity index (χ3n) is 4.18. The van der Waals surface area contributed by atoms with E-state index in [2.05, 4.69) is 36.4 Å². The van der Waals surface area contributed by atoms with Gasteiger partial charge in [0.05, 0.1) is 0 Å². The Hall–Kier alpha value is -1.78. The Balaban J connectivity index is 1.57. The van der Waals surface area contributed by atoms with Crippen LogP contribution in [-0.4, -0.2) is 29.9 Å². The molecule has 1 aliphatic heterocycles. The predicted octanol–water partition coefficient (Wildman–Crippen LogP) is 3.54. The maximum atomic E-state index is 12.5. The molecule has 0 bridgehead atoms. The summed E-state index contributed by atoms with van der Waals surface area (Å²) in [5.74, 6) is 1.04. The minimum absolute atomic E-state index is 0.124. The summed E-state index contributed by atoms with van der Waals surface area (Å²) in [6, 6.07) is 18.6. The molecule has 2 N–H and O–H groups in total. The molecule has 1 aliphatic rings. The van der Waals surface area contributed by atoms with Crippen LogP contribution in [0.3, 0.4) is 0 Å². The van der Waals surface area contributed by atoms with Crippen molar-refractivity contribution >= 4 is 17.7 Å². The van der Waals surface area contributed by atoms with Crippen molar-refractivity contribution in [2.75, 3.05) is 13.1 Å². The van der Waals surface area contributed by atoms with Crippen LogP contribution in [-0.2, 0) is 5.75 Å². The van der Waals surface area contributed by atoms with Crippen LogP contribution >= 0.6 is 11.8 Å². The zero-order valence-electron chi connectivity index (χ0n) is 13.2. The topological polar surface area (TPSA) is 46.3 Å². The molecule has 0 aliphatic carbocycles. The fourth-order valence-electron chi connectivity index (χ4n) is 2.71. The van der Waals surface area contributed by atoms with Crippen molar-refractivity contribution in [3.8, 4) is 0 Å². The Kier molecular flexibility index (Phi) is 5.36. The highest BCUT2D eigenvalue weighted by atomic mass is 32.2. The first-order valence-electron chi connectivity index (χ1n) is 8.04. The minimum atomic E-state index is 0.124. The molecule has 2 aromatic carbocycles. The third kappa shape index (κ3) is 4.36. The Morgan fingerprint density at radius 1 is 1.04 bits per heavy atom. The summed E-state index contributed by atoms with van der Waals surface area (Å²) < 4.78 is 0. The van der Waals surface area contributed by atoms with E-state index in [4.69, 9.17) is 5.73 Å². The van der Waals surface area contributed by atoms with Crippen LogP contribution in [0.1, 0.15) is 28.8 Å². The molecule has 3 rings (SSSR count). The average molecular weight is 326 g/mol. The van der Waals surface area contributed by atoms with E-state index in [9.17, 15) is 4.79 Å². The van der Waals surface area contributed by atoms with Gasteiger partial charge in [0, 0.05) is 35.3 Å². The van der Waals surface area contributed by atoms with Crippen molar-refractivity contribution in [1.29, 1.82) is 0 Å². The smallest absolute Gasteiger partial charge is 0.253 e. The van der Waals surface area contributed by atoms with Crippen molar-refractivity contribution in [2.24, 2.45) is 5.73 Å². The van der Waals surface area contributed by atoms with E-state index in [1.165, 1.54) is 10.5 Å². The second kappa shape index (κ2) is 7.66. The van der Waals surface area contributed by atoms with Gasteiger partial charge in [0.1, 0.15) is 0 Å². The molecular weight excluding hydrogens is 304 g/mol. The van der Waals surface area contributed by atoms with Gasteiger partial charge < -0.3 is 10.6 Å². The maximum absolute atomic E-state index is 12.5. The standard InChI is InChI=1S/C19H22N2OS/c20-17-10-12-21(13-11-17)19(22)16-8-6-15(7-9-16)14-23-18-4-2-1-3-5-18/h1-9,17H,10-14,20H2. The third-order valence-corrected chi connectivity index (χ3v) is 5.26. The quantitative estimate of drug-likeness (QED) is 0.874. The number of piperidine rings is 1. The molecule has 0 spiro atoms. The number of amides is 1. The number of likely N-dealkylation sites (tertiary alicyclic amines) is 1. The van der Waals surface area contributed by atoms with E-state index in [0.29, 0.717) is 0 Å². The monoisotopic (exact) mass is 326 g/mol. The van der Waals surface area contributed by atoms with Crippen LogP contribution in [0.2, 0.25) is 0 Å². The van der Waals surface area contributed by atoms with Gasteiger partial charge in [-0.2, -0.15) is 0 Å². The molecule has 0 unspecified atom stereocenters. The lowest BCUT2D eigenvalue weighted by molar-refractivity contribution is 0.0715. The first-order chi connectivity index (χ1) is 11.2. The van der Waals surface area contributed by atoms with Gasteiger partial charge in [0.15, 0.2) is 0 Å². The molecule has 1 fully saturated rings. The van der Waals surface area contributed by atoms with E-state index in [1.54, 1.807) is 11.8 Å². The van der Waals surface area contributed by atoms with E-state index in [1.807, 2.05) is 23.1 Å². The number of benzene rings is 2. The molecule has 1 amide bonds. The zero-order valence-corrected chi connectivity index (χ0v) is 14.0. The number of carbonyl (C=O) groups is 1. The number of carbonyl (C=O) groups excluding carboxylic acids is 1. The molecule has 1 heterocycles. The molecule has 0 radical (unpaired) electrons. The average Bonchev–Trinajstić information content (AvgIpc) is 2.61. The Morgan fingerprint density at radius 3 is 2.35 bits per heavy atom. The Morgan fingerprint density at radius 2 is 1.70 bits per heavy atom. The predicted molar refractivity (Wildman–Crippen MR) is 95.6 cm³/mol. The van der Waals surface area contributed by atoms with Crippen LogP contribution in [0.25, 0.3) is 0 Å². The second-order valence-corrected chi connectivity index (χ2v) is 6.98. The van der Waals surface area contributed by atoms with Crippen LogP contribution in [0.15, 0.2) is 59.5 Å². The molecule has 0 aromatic heterocycles. The van der Waals surface area contributed by atoms with Crippen LogP contribution < -0.4 is 5.73 Å². The van der Waals surface area contributed by atoms with Crippen molar-refractivity contribution in [3.05, 3.63) is 65.7 Å². The number of nitrogens with zero attached hydrogens (tertiary/aromatic N) is 1. The maximum Gasteiger partial charge on any atom is 0.253 e. The Labute approximate surface area is 141 Å². The zero-order chi connectivity index (χ0) is 16.1. The van der Waals surface area contributed by atoms with Crippen molar-refractivity contribution in [3.63, 3.8) is 0 Å². The summed E-state index contributed by atoms with van der Waals surface area (Å²) in [4.78, 5) is 15.7. The van der Waals surface area contributed by atoms with Gasteiger partial charge in [-0.15, -0.1) is 11.8 Å². The molecule has 0 atom stereocenters. The minimum Gasteiger partial charge on any atom is -0.339 e. The van der Waals surface area contributed by atoms with Gasteiger partial charge in [0.25, 0.3) is 5.91 Å². The molecule has 4 heteroatoms. The van der Waals surface area contributed by atoms with E-state index >= 15 is 0 Å². The van der Waals surface area contributed by atoms with Gasteiger partial charge in [-0.25, -0.2) is 0 Å². The summed E-state index contributed by atoms with van der Waals surface area (Å²) in [6.45, 7) is 1.54. The van der Waals surface area contributed by atoms with Crippen molar-refractivity contribution in [1.82, 2.24) is 4.90 Å². The largest absolute Gasteiger partial charge is 0.339 e. The van der Waals surface area contributed by atoms with Gasteiger partial charge in [0.2, 0.25) is 0 Å². The summed E-state index contributed by atoms with van der Waals surface area (Å²) in [5.41, 5.74) is 7.90. The molecule has 2 aromatic rings. The van der Waals surface area contributed by atoms with E-state index in [-0.39, 0.29) is 11.9 Å². The number of hydrogen-bond donors (Lipinski definition) is 1. The van der Waals surface area contributed by atoms with Crippen molar-refractivity contribution in [2.45, 2.75) is 29.5 Å².